The predicted octanol–water partition coefficient (Wildman–Crippen LogP) is 22.1. The van der Waals surface area contributed by atoms with Crippen LogP contribution >= 0.6 is 16.6 Å². The number of aryl methyl sites for hydroxylation is 3. The fraction of sp³-hybridized carbons (Fsp3) is 0.727. The van der Waals surface area contributed by atoms with Crippen LogP contribution in [0.1, 0.15) is 75.9 Å². The van der Waals surface area contributed by atoms with Gasteiger partial charge in [0, 0.05) is 0 Å². The predicted molar refractivity (Wildman–Crippen MR) is 438 cm³/mol. The van der Waals surface area contributed by atoms with Gasteiger partial charge in [0.25, 0.3) is 0 Å². The molecule has 17 heteroatoms. The molecule has 1 fully saturated rings. The molecule has 1 saturated heterocycles. The first-order chi connectivity index (χ1) is 36.2. The Morgan fingerprint density at radius 1 is 0.313 bits per heavy atom. The van der Waals surface area contributed by atoms with Gasteiger partial charge in [-0.3, -0.25) is 0 Å². The van der Waals surface area contributed by atoms with Gasteiger partial charge in [-0.25, -0.2) is 0 Å². The Bertz CT molecular complexity index is 2580. The molecule has 0 aromatic heterocycles. The number of benzene rings is 3. The molecule has 474 valence electrons. The van der Waals surface area contributed by atoms with E-state index in [2.05, 4.69) is 333 Å². The van der Waals surface area contributed by atoms with Crippen molar-refractivity contribution in [1.82, 2.24) is 0 Å². The van der Waals surface area contributed by atoms with Gasteiger partial charge >= 0.3 is 552 Å². The van der Waals surface area contributed by atoms with E-state index in [0.29, 0.717) is 30.1 Å². The van der Waals surface area contributed by atoms with E-state index in [1.54, 1.807) is 16.7 Å². The van der Waals surface area contributed by atoms with Gasteiger partial charge in [0.05, 0.1) is 0 Å². The molecule has 4 rings (SSSR count). The van der Waals surface area contributed by atoms with Crippen molar-refractivity contribution in [2.24, 2.45) is 0 Å². The molecule has 0 bridgehead atoms. The first-order valence-corrected chi connectivity index (χ1v) is 91.6. The van der Waals surface area contributed by atoms with Crippen LogP contribution in [0.4, 0.5) is 0 Å². The van der Waals surface area contributed by atoms with Crippen LogP contribution in [0.2, 0.25) is 255 Å². The van der Waals surface area contributed by atoms with E-state index in [4.69, 9.17) is 0 Å². The first kappa shape index (κ1) is 77.7. The summed E-state index contributed by atoms with van der Waals surface area (Å²) in [5, 5.41) is 7.32. The monoisotopic (exact) mass is 1510 g/mol. The topological polar surface area (TPSA) is 0 Å². The van der Waals surface area contributed by atoms with Crippen LogP contribution in [0, 0.1) is 20.8 Å². The van der Waals surface area contributed by atoms with Gasteiger partial charge in [-0.05, 0) is 0 Å². The third-order valence-corrected chi connectivity index (χ3v) is 140. The number of hydrogen-bond acceptors (Lipinski definition) is 2. The Hall–Kier alpha value is 2.21. The van der Waals surface area contributed by atoms with E-state index >= 15 is 0 Å². The van der Waals surface area contributed by atoms with Crippen molar-refractivity contribution in [2.75, 3.05) is 0 Å². The van der Waals surface area contributed by atoms with Gasteiger partial charge in [0.2, 0.25) is 0 Å². The van der Waals surface area contributed by atoms with Gasteiger partial charge in [-0.1, -0.05) is 0 Å². The third kappa shape index (κ3) is 15.9. The summed E-state index contributed by atoms with van der Waals surface area (Å²) in [5.74, 6) is 0. The average Bonchev–Trinajstić information content (AvgIpc) is 3.08. The van der Waals surface area contributed by atoms with E-state index in [1.807, 2.05) is 38.2 Å². The average molecular weight is 1510 g/mol. The van der Waals surface area contributed by atoms with Crippen LogP contribution in [-0.2, 0) is 4.28 Å². The molecule has 0 radical (unpaired) electrons. The second-order valence-electron chi connectivity index (χ2n) is 41.2. The Morgan fingerprint density at radius 3 is 0.783 bits per heavy atom. The third-order valence-electron chi connectivity index (χ3n) is 19.4. The molecule has 0 N–H and O–H groups in total. The molecule has 0 spiro atoms. The SMILES string of the molecule is Cc1cc(C)c([Si]2(c3c(C([Si](C)(C)C)[Si](C)(C)C)cc(C([Si](C)(C)C)[Si](C)(C)C)cc3C([Si](C)(C)C)[Si](C)(C)C)[S][Sb]([c]3c(C([Si](C)(C)C)[Si](C)(C)C)cc(C([Si](C)(C)C)([Si](C)(C)C)[Si](C)(C)C)cc3C([Si](C)(C)C)[Si](C)(C)C)[S]2)c(C)c1. The van der Waals surface area contributed by atoms with Crippen molar-refractivity contribution in [1.29, 1.82) is 0 Å². The van der Waals surface area contributed by atoms with Gasteiger partial charge in [0.1, 0.15) is 0 Å². The molecule has 0 amide bonds. The Balaban J connectivity index is 2.68. The molecule has 0 aliphatic carbocycles. The maximum absolute atomic E-state index is 3.16. The molecular weight excluding hydrogens is 1370 g/mol. The van der Waals surface area contributed by atoms with E-state index in [0.717, 1.165) is 0 Å². The Labute approximate surface area is 545 Å². The van der Waals surface area contributed by atoms with Gasteiger partial charge in [-0.2, -0.15) is 0 Å². The van der Waals surface area contributed by atoms with Gasteiger partial charge < -0.3 is 0 Å². The van der Waals surface area contributed by atoms with E-state index in [1.165, 1.54) is 5.56 Å². The fourth-order valence-corrected chi connectivity index (χ4v) is 177. The number of hydrogen-bond donors (Lipinski definition) is 0. The standard InChI is InChI=1S/C36H70S2Si7.C30H67Si7.Sb/c1-26-22-27(2)32(28(3)23-26)45(37,38)33-30(35(41(10,11)12)42(13,14)15)24-29(34(39(4,5)6)40(7,8)9)25-31(33)36(43(16,17)18)44(19,20)21;1-31(2,3)28(32(4,5)6)25-22-26(29(33(7,8)9)34(10,11)12)24-27(23-25)30(35(13,14)15,36(16,17)18)37(19,20)21;/h22-25,34-36H,1-21H3;23-24,28-29H,1-21H3;/q-2;;+2. The Kier molecular flexibility index (Phi) is 22.9. The molecule has 0 saturated carbocycles. The zero-order chi connectivity index (χ0) is 65.5. The summed E-state index contributed by atoms with van der Waals surface area (Å²) < 4.78 is 2.39. The van der Waals surface area contributed by atoms with Crippen molar-refractivity contribution < 1.29 is 0 Å². The summed E-state index contributed by atoms with van der Waals surface area (Å²) in [6.07, 6.45) is -2.68. The molecule has 83 heavy (non-hydrogen) atoms. The Morgan fingerprint density at radius 2 is 0.554 bits per heavy atom. The molecule has 1 aliphatic rings. The molecule has 1 heterocycles. The summed E-state index contributed by atoms with van der Waals surface area (Å²) in [5.41, 5.74) is 16.1. The molecular formula is C66H137S2SbSi14. The van der Waals surface area contributed by atoms with Gasteiger partial charge in [-0.15, -0.1) is 0 Å². The van der Waals surface area contributed by atoms with Crippen molar-refractivity contribution in [3.63, 3.8) is 0 Å². The minimum absolute atomic E-state index is 0.323. The second kappa shape index (κ2) is 24.5. The molecule has 3 aromatic rings. The van der Waals surface area contributed by atoms with E-state index < -0.39 is 129 Å². The van der Waals surface area contributed by atoms with Crippen molar-refractivity contribution in [3.8, 4) is 0 Å². The number of rotatable bonds is 22. The molecule has 3 aromatic carbocycles. The fourth-order valence-electron chi connectivity index (χ4n) is 21.5. The summed E-state index contributed by atoms with van der Waals surface area (Å²) in [4.78, 5) is 0. The normalized spacial score (nSPS) is 16.8. The molecule has 0 unspecified atom stereocenters. The van der Waals surface area contributed by atoms with Crippen LogP contribution in [0.15, 0.2) is 36.4 Å². The summed E-state index contributed by atoms with van der Waals surface area (Å²) in [6, 6.07) is 17.8. The van der Waals surface area contributed by atoms with Crippen molar-refractivity contribution in [2.45, 2.75) is 306 Å². The molecule has 1 aliphatic heterocycles. The van der Waals surface area contributed by atoms with E-state index in [9.17, 15) is 0 Å². The molecule has 0 nitrogen and oxygen atoms in total. The second-order valence-corrected chi connectivity index (χ2v) is 141. The van der Waals surface area contributed by atoms with Crippen molar-refractivity contribution >= 4 is 159 Å². The zero-order valence-electron chi connectivity index (χ0n) is 63.1. The van der Waals surface area contributed by atoms with Crippen LogP contribution in [0.5, 0.6) is 0 Å². The summed E-state index contributed by atoms with van der Waals surface area (Å²) in [7, 11) is -17.7. The quantitative estimate of drug-likeness (QED) is 0.0920. The summed E-state index contributed by atoms with van der Waals surface area (Å²) >= 11 is -2.55. The van der Waals surface area contributed by atoms with E-state index in [-0.39, 0.29) is 0 Å². The first-order valence-electron chi connectivity index (χ1n) is 32.8. The molecule has 0 atom stereocenters. The van der Waals surface area contributed by atoms with Crippen LogP contribution < -0.4 is 13.9 Å². The summed E-state index contributed by atoms with van der Waals surface area (Å²) in [6.45, 7) is 117. The van der Waals surface area contributed by atoms with Crippen LogP contribution in [0.25, 0.3) is 0 Å². The van der Waals surface area contributed by atoms with Crippen LogP contribution in [0.3, 0.4) is 0 Å². The van der Waals surface area contributed by atoms with Crippen molar-refractivity contribution in [3.05, 3.63) is 86.5 Å². The van der Waals surface area contributed by atoms with Crippen LogP contribution in [-0.4, -0.2) is 129 Å². The zero-order valence-corrected chi connectivity index (χ0v) is 81.3. The maximum atomic E-state index is 3.16. The van der Waals surface area contributed by atoms with Gasteiger partial charge in [0.15, 0.2) is 0 Å². The minimum atomic E-state index is -2.68.